The zero-order chi connectivity index (χ0) is 15.1. The molecule has 0 aliphatic rings. The maximum atomic E-state index is 12.1. The van der Waals surface area contributed by atoms with E-state index in [4.69, 9.17) is 9.84 Å². The average Bonchev–Trinajstić information content (AvgIpc) is 2.36. The molecule has 0 aliphatic carbocycles. The van der Waals surface area contributed by atoms with E-state index >= 15 is 0 Å². The Morgan fingerprint density at radius 1 is 1.40 bits per heavy atom. The molecule has 0 fully saturated rings. The van der Waals surface area contributed by atoms with Crippen molar-refractivity contribution in [3.8, 4) is 0 Å². The van der Waals surface area contributed by atoms with Crippen molar-refractivity contribution < 1.29 is 19.4 Å². The first-order valence-electron chi connectivity index (χ1n) is 6.25. The van der Waals surface area contributed by atoms with E-state index in [-0.39, 0.29) is 11.9 Å². The van der Waals surface area contributed by atoms with E-state index in [2.05, 4.69) is 5.32 Å². The van der Waals surface area contributed by atoms with E-state index in [0.717, 1.165) is 11.6 Å². The van der Waals surface area contributed by atoms with Crippen molar-refractivity contribution >= 4 is 18.0 Å². The van der Waals surface area contributed by atoms with Gasteiger partial charge in [0, 0.05) is 24.8 Å². The molecule has 1 atom stereocenters. The highest BCUT2D eigenvalue weighted by atomic mass is 16.5. The quantitative estimate of drug-likeness (QED) is 0.778. The van der Waals surface area contributed by atoms with E-state index in [0.29, 0.717) is 17.7 Å². The molecule has 1 aromatic carbocycles. The van der Waals surface area contributed by atoms with Crippen molar-refractivity contribution in [1.29, 1.82) is 0 Å². The lowest BCUT2D eigenvalue weighted by molar-refractivity contribution is -0.131. The Kier molecular flexibility index (Phi) is 5.93. The second-order valence-corrected chi connectivity index (χ2v) is 4.63. The molecule has 0 aromatic heterocycles. The number of ether oxygens (including phenoxy) is 1. The smallest absolute Gasteiger partial charge is 0.328 e. The van der Waals surface area contributed by atoms with E-state index in [1.54, 1.807) is 19.2 Å². The van der Waals surface area contributed by atoms with Gasteiger partial charge >= 0.3 is 5.97 Å². The molecular formula is C15H19NO4. The third-order valence-electron chi connectivity index (χ3n) is 2.57. The van der Waals surface area contributed by atoms with Gasteiger partial charge in [-0.05, 0) is 43.2 Å². The molecule has 0 radical (unpaired) electrons. The van der Waals surface area contributed by atoms with Gasteiger partial charge in [-0.1, -0.05) is 6.07 Å². The highest BCUT2D eigenvalue weighted by Crippen LogP contribution is 2.12. The predicted octanol–water partition coefficient (Wildman–Crippen LogP) is 1.86. The van der Waals surface area contributed by atoms with E-state index < -0.39 is 5.97 Å². The molecule has 1 amide bonds. The highest BCUT2D eigenvalue weighted by Gasteiger charge is 2.10. The monoisotopic (exact) mass is 277 g/mol. The molecule has 108 valence electrons. The van der Waals surface area contributed by atoms with Crippen LogP contribution in [0, 0.1) is 6.92 Å². The number of rotatable bonds is 6. The summed E-state index contributed by atoms with van der Waals surface area (Å²) in [5, 5.41) is 11.4. The molecule has 1 rings (SSSR count). The number of hydrogen-bond donors (Lipinski definition) is 2. The maximum absolute atomic E-state index is 12.1. The van der Waals surface area contributed by atoms with Crippen molar-refractivity contribution in [2.45, 2.75) is 19.9 Å². The predicted molar refractivity (Wildman–Crippen MR) is 76.7 cm³/mol. The molecule has 2 N–H and O–H groups in total. The fourth-order valence-electron chi connectivity index (χ4n) is 1.81. The van der Waals surface area contributed by atoms with Gasteiger partial charge in [0.1, 0.15) is 0 Å². The van der Waals surface area contributed by atoms with Crippen molar-refractivity contribution in [2.75, 3.05) is 13.7 Å². The lowest BCUT2D eigenvalue weighted by Gasteiger charge is -2.13. The summed E-state index contributed by atoms with van der Waals surface area (Å²) in [6.45, 7) is 4.14. The molecule has 0 bridgehead atoms. The van der Waals surface area contributed by atoms with Gasteiger partial charge in [0.2, 0.25) is 0 Å². The van der Waals surface area contributed by atoms with Crippen LogP contribution in [0.3, 0.4) is 0 Å². The van der Waals surface area contributed by atoms with Gasteiger partial charge in [-0.3, -0.25) is 4.79 Å². The van der Waals surface area contributed by atoms with Crippen LogP contribution >= 0.6 is 0 Å². The number of methoxy groups -OCH3 is 1. The zero-order valence-electron chi connectivity index (χ0n) is 11.8. The third kappa shape index (κ3) is 5.24. The van der Waals surface area contributed by atoms with Crippen molar-refractivity contribution in [3.05, 3.63) is 41.0 Å². The molecule has 0 aliphatic heterocycles. The minimum Gasteiger partial charge on any atom is -0.478 e. The Labute approximate surface area is 118 Å². The number of carbonyl (C=O) groups excluding carboxylic acids is 1. The van der Waals surface area contributed by atoms with E-state index in [9.17, 15) is 9.59 Å². The minimum atomic E-state index is -1.02. The molecule has 5 nitrogen and oxygen atoms in total. The van der Waals surface area contributed by atoms with Crippen LogP contribution in [0.5, 0.6) is 0 Å². The summed E-state index contributed by atoms with van der Waals surface area (Å²) >= 11 is 0. The van der Waals surface area contributed by atoms with Gasteiger partial charge in [0.25, 0.3) is 5.91 Å². The number of hydrogen-bond acceptors (Lipinski definition) is 3. The number of aliphatic carboxylic acids is 1. The number of nitrogens with one attached hydrogen (secondary N) is 1. The number of carboxylic acids is 1. The summed E-state index contributed by atoms with van der Waals surface area (Å²) in [6.07, 6.45) is 2.51. The summed E-state index contributed by atoms with van der Waals surface area (Å²) in [4.78, 5) is 22.6. The molecule has 20 heavy (non-hydrogen) atoms. The zero-order valence-corrected chi connectivity index (χ0v) is 11.8. The van der Waals surface area contributed by atoms with Crippen molar-refractivity contribution in [2.24, 2.45) is 0 Å². The fourth-order valence-corrected chi connectivity index (χ4v) is 1.81. The van der Waals surface area contributed by atoms with E-state index in [1.165, 1.54) is 6.08 Å². The number of carbonyl (C=O) groups is 2. The summed E-state index contributed by atoms with van der Waals surface area (Å²) in [6, 6.07) is 5.13. The molecule has 0 spiro atoms. The molecule has 5 heteroatoms. The van der Waals surface area contributed by atoms with Crippen LogP contribution in [-0.4, -0.2) is 36.7 Å². The normalized spacial score (nSPS) is 12.3. The Morgan fingerprint density at radius 3 is 2.70 bits per heavy atom. The Morgan fingerprint density at radius 2 is 2.10 bits per heavy atom. The SMILES string of the molecule is COCC(C)NC(=O)c1cc(C)cc(/C=C/C(=O)O)c1. The van der Waals surface area contributed by atoms with Crippen LogP contribution < -0.4 is 5.32 Å². The average molecular weight is 277 g/mol. The Balaban J connectivity index is 2.89. The summed E-state index contributed by atoms with van der Waals surface area (Å²) in [5.74, 6) is -1.23. The first-order chi connectivity index (χ1) is 9.42. The Hall–Kier alpha value is -2.14. The van der Waals surface area contributed by atoms with Crippen molar-refractivity contribution in [1.82, 2.24) is 5.32 Å². The second-order valence-electron chi connectivity index (χ2n) is 4.63. The van der Waals surface area contributed by atoms with Crippen molar-refractivity contribution in [3.63, 3.8) is 0 Å². The molecule has 1 aromatic rings. The summed E-state index contributed by atoms with van der Waals surface area (Å²) in [7, 11) is 1.57. The van der Waals surface area contributed by atoms with Gasteiger partial charge in [-0.2, -0.15) is 0 Å². The number of aryl methyl sites for hydroxylation is 1. The maximum Gasteiger partial charge on any atom is 0.328 e. The van der Waals surface area contributed by atoms with Crippen LogP contribution in [0.15, 0.2) is 24.3 Å². The third-order valence-corrected chi connectivity index (χ3v) is 2.57. The Bertz CT molecular complexity index is 523. The van der Waals surface area contributed by atoms with Crippen LogP contribution in [0.1, 0.15) is 28.4 Å². The lowest BCUT2D eigenvalue weighted by Crippen LogP contribution is -2.35. The molecule has 0 saturated carbocycles. The first kappa shape index (κ1) is 15.9. The van der Waals surface area contributed by atoms with Gasteiger partial charge in [-0.25, -0.2) is 4.79 Å². The van der Waals surface area contributed by atoms with Crippen LogP contribution in [0.4, 0.5) is 0 Å². The topological polar surface area (TPSA) is 75.6 Å². The van der Waals surface area contributed by atoms with Gasteiger partial charge in [0.05, 0.1) is 6.61 Å². The molecule has 1 unspecified atom stereocenters. The number of benzene rings is 1. The second kappa shape index (κ2) is 7.45. The summed E-state index contributed by atoms with van der Waals surface area (Å²) < 4.78 is 4.96. The number of amides is 1. The molecule has 0 heterocycles. The number of carboxylic acid groups (broad SMARTS) is 1. The largest absolute Gasteiger partial charge is 0.478 e. The minimum absolute atomic E-state index is 0.0916. The van der Waals surface area contributed by atoms with Crippen LogP contribution in [-0.2, 0) is 9.53 Å². The first-order valence-corrected chi connectivity index (χ1v) is 6.25. The standard InChI is InChI=1S/C15H19NO4/c1-10-6-12(4-5-14(17)18)8-13(7-10)15(19)16-11(2)9-20-3/h4-8,11H,9H2,1-3H3,(H,16,19)(H,17,18)/b5-4+. The molecular weight excluding hydrogens is 258 g/mol. The van der Waals surface area contributed by atoms with Gasteiger partial charge < -0.3 is 15.2 Å². The fraction of sp³-hybridized carbons (Fsp3) is 0.333. The lowest BCUT2D eigenvalue weighted by atomic mass is 10.1. The van der Waals surface area contributed by atoms with E-state index in [1.807, 2.05) is 19.9 Å². The summed E-state index contributed by atoms with van der Waals surface area (Å²) in [5.41, 5.74) is 2.07. The van der Waals surface area contributed by atoms with Gasteiger partial charge in [0.15, 0.2) is 0 Å². The van der Waals surface area contributed by atoms with Crippen LogP contribution in [0.25, 0.3) is 6.08 Å². The molecule has 0 saturated heterocycles. The highest BCUT2D eigenvalue weighted by molar-refractivity contribution is 5.95. The van der Waals surface area contributed by atoms with Gasteiger partial charge in [-0.15, -0.1) is 0 Å². The van der Waals surface area contributed by atoms with Crippen LogP contribution in [0.2, 0.25) is 0 Å².